The average molecular weight is 332 g/mol. The van der Waals surface area contributed by atoms with Crippen LogP contribution in [0.5, 0.6) is 0 Å². The minimum absolute atomic E-state index is 0.316. The fourth-order valence-corrected chi connectivity index (χ4v) is 2.12. The number of hydrogen-bond donors (Lipinski definition) is 2. The smallest absolute Gasteiger partial charge is 0.150 e. The zero-order valence-electron chi connectivity index (χ0n) is 9.34. The van der Waals surface area contributed by atoms with E-state index in [1.54, 1.807) is 13.1 Å². The summed E-state index contributed by atoms with van der Waals surface area (Å²) in [6.45, 7) is 0. The molecular weight excluding hydrogens is 323 g/mol. The van der Waals surface area contributed by atoms with Gasteiger partial charge < -0.3 is 10.6 Å². The molecule has 0 aliphatic heterocycles. The number of nitrogens with zero attached hydrogens (tertiary/aromatic N) is 2. The fraction of sp³-hybridized carbons (Fsp3) is 0.0909. The van der Waals surface area contributed by atoms with Gasteiger partial charge in [-0.2, -0.15) is 0 Å². The van der Waals surface area contributed by atoms with E-state index >= 15 is 0 Å². The third kappa shape index (κ3) is 2.88. The number of rotatable bonds is 3. The van der Waals surface area contributed by atoms with Crippen LogP contribution in [0.3, 0.4) is 0 Å². The molecule has 0 saturated heterocycles. The summed E-state index contributed by atoms with van der Waals surface area (Å²) in [5.41, 5.74) is 0.515. The predicted octanol–water partition coefficient (Wildman–Crippen LogP) is 3.82. The second kappa shape index (κ2) is 5.49. The van der Waals surface area contributed by atoms with E-state index < -0.39 is 5.82 Å². The quantitative estimate of drug-likeness (QED) is 0.898. The molecule has 18 heavy (non-hydrogen) atoms. The van der Waals surface area contributed by atoms with Gasteiger partial charge in [-0.3, -0.25) is 0 Å². The van der Waals surface area contributed by atoms with Crippen molar-refractivity contribution in [3.8, 4) is 0 Å². The van der Waals surface area contributed by atoms with Gasteiger partial charge in [-0.25, -0.2) is 14.4 Å². The van der Waals surface area contributed by atoms with Crippen LogP contribution < -0.4 is 10.6 Å². The van der Waals surface area contributed by atoms with Crippen LogP contribution in [0.4, 0.5) is 21.7 Å². The Balaban J connectivity index is 2.34. The molecule has 0 bridgehead atoms. The second-order valence-corrected chi connectivity index (χ2v) is 4.65. The van der Waals surface area contributed by atoms with Gasteiger partial charge in [0, 0.05) is 17.8 Å². The van der Waals surface area contributed by atoms with E-state index in [9.17, 15) is 4.39 Å². The predicted molar refractivity (Wildman–Crippen MR) is 74.0 cm³/mol. The first kappa shape index (κ1) is 13.0. The van der Waals surface area contributed by atoms with Crippen molar-refractivity contribution in [2.45, 2.75) is 0 Å². The molecule has 94 valence electrons. The number of benzene rings is 1. The first-order valence-electron chi connectivity index (χ1n) is 5.01. The third-order valence-electron chi connectivity index (χ3n) is 2.15. The van der Waals surface area contributed by atoms with Gasteiger partial charge in [-0.15, -0.1) is 0 Å². The van der Waals surface area contributed by atoms with Gasteiger partial charge in [0.15, 0.2) is 0 Å². The summed E-state index contributed by atoms with van der Waals surface area (Å²) in [4.78, 5) is 8.09. The molecule has 0 aliphatic rings. The monoisotopic (exact) mass is 330 g/mol. The Labute approximate surface area is 117 Å². The fourth-order valence-electron chi connectivity index (χ4n) is 1.39. The van der Waals surface area contributed by atoms with Crippen molar-refractivity contribution in [1.29, 1.82) is 0 Å². The molecule has 0 atom stereocenters. The minimum Gasteiger partial charge on any atom is -0.372 e. The molecule has 0 unspecified atom stereocenters. The Kier molecular flexibility index (Phi) is 3.98. The van der Waals surface area contributed by atoms with E-state index in [0.717, 1.165) is 0 Å². The molecule has 2 aromatic rings. The summed E-state index contributed by atoms with van der Waals surface area (Å²) in [7, 11) is 1.75. The Morgan fingerprint density at radius 3 is 2.61 bits per heavy atom. The van der Waals surface area contributed by atoms with E-state index in [2.05, 4.69) is 36.5 Å². The third-order valence-corrected chi connectivity index (χ3v) is 3.12. The number of halogens is 3. The van der Waals surface area contributed by atoms with Gasteiger partial charge in [-0.05, 0) is 34.1 Å². The number of hydrogen-bond acceptors (Lipinski definition) is 4. The molecule has 0 spiro atoms. The topological polar surface area (TPSA) is 49.8 Å². The van der Waals surface area contributed by atoms with E-state index in [4.69, 9.17) is 11.6 Å². The lowest BCUT2D eigenvalue weighted by molar-refractivity contribution is 0.628. The van der Waals surface area contributed by atoms with Crippen molar-refractivity contribution < 1.29 is 4.39 Å². The van der Waals surface area contributed by atoms with Crippen molar-refractivity contribution in [3.05, 3.63) is 39.8 Å². The lowest BCUT2D eigenvalue weighted by Gasteiger charge is -2.10. The highest BCUT2D eigenvalue weighted by Gasteiger charge is 2.08. The Morgan fingerprint density at radius 2 is 1.94 bits per heavy atom. The summed E-state index contributed by atoms with van der Waals surface area (Å²) in [5.74, 6) is 0.745. The maximum Gasteiger partial charge on any atom is 0.150 e. The molecule has 2 N–H and O–H groups in total. The van der Waals surface area contributed by atoms with E-state index in [1.165, 1.54) is 18.5 Å². The van der Waals surface area contributed by atoms with Crippen LogP contribution >= 0.6 is 27.5 Å². The Morgan fingerprint density at radius 1 is 1.22 bits per heavy atom. The maximum atomic E-state index is 13.2. The van der Waals surface area contributed by atoms with Crippen molar-refractivity contribution >= 4 is 44.9 Å². The van der Waals surface area contributed by atoms with Gasteiger partial charge in [0.05, 0.1) is 0 Å². The molecule has 2 rings (SSSR count). The Hall–Kier alpha value is -1.40. The molecule has 1 aromatic heterocycles. The van der Waals surface area contributed by atoms with Crippen LogP contribution in [0.15, 0.2) is 29.0 Å². The summed E-state index contributed by atoms with van der Waals surface area (Å²) in [6, 6.07) is 4.18. The van der Waals surface area contributed by atoms with Crippen LogP contribution in [0, 0.1) is 5.82 Å². The van der Waals surface area contributed by atoms with E-state index in [0.29, 0.717) is 26.8 Å². The van der Waals surface area contributed by atoms with Gasteiger partial charge >= 0.3 is 0 Å². The maximum absolute atomic E-state index is 13.2. The molecule has 7 heteroatoms. The largest absolute Gasteiger partial charge is 0.372 e. The van der Waals surface area contributed by atoms with Crippen LogP contribution in [0.25, 0.3) is 0 Å². The first-order chi connectivity index (χ1) is 8.60. The lowest BCUT2D eigenvalue weighted by Crippen LogP contribution is -2.00. The normalized spacial score (nSPS) is 10.2. The molecule has 1 heterocycles. The standard InChI is InChI=1S/C11H9BrClFN4/c1-15-10-9(12)11(17-5-16-10)18-8-3-6(13)2-7(14)4-8/h2-5H,1H3,(H2,15,16,17,18). The van der Waals surface area contributed by atoms with Crippen molar-refractivity contribution in [2.75, 3.05) is 17.7 Å². The van der Waals surface area contributed by atoms with Crippen LogP contribution in [-0.4, -0.2) is 17.0 Å². The molecule has 0 radical (unpaired) electrons. The van der Waals surface area contributed by atoms with Gasteiger partial charge in [-0.1, -0.05) is 11.6 Å². The van der Waals surface area contributed by atoms with Crippen molar-refractivity contribution in [3.63, 3.8) is 0 Å². The van der Waals surface area contributed by atoms with Crippen molar-refractivity contribution in [1.82, 2.24) is 9.97 Å². The van der Waals surface area contributed by atoms with Crippen LogP contribution in [0.2, 0.25) is 5.02 Å². The number of nitrogens with one attached hydrogen (secondary N) is 2. The molecule has 0 saturated carbocycles. The zero-order chi connectivity index (χ0) is 13.1. The number of aromatic nitrogens is 2. The van der Waals surface area contributed by atoms with Gasteiger partial charge in [0.2, 0.25) is 0 Å². The summed E-state index contributed by atoms with van der Waals surface area (Å²) < 4.78 is 13.9. The summed E-state index contributed by atoms with van der Waals surface area (Å²) in [5, 5.41) is 6.19. The second-order valence-electron chi connectivity index (χ2n) is 3.42. The highest BCUT2D eigenvalue weighted by Crippen LogP contribution is 2.29. The molecule has 4 nitrogen and oxygen atoms in total. The zero-order valence-corrected chi connectivity index (χ0v) is 11.7. The molecule has 1 aromatic carbocycles. The van der Waals surface area contributed by atoms with Gasteiger partial charge in [0.1, 0.15) is 28.3 Å². The highest BCUT2D eigenvalue weighted by molar-refractivity contribution is 9.10. The average Bonchev–Trinajstić information content (AvgIpc) is 2.30. The molecule has 0 aliphatic carbocycles. The SMILES string of the molecule is CNc1ncnc(Nc2cc(F)cc(Cl)c2)c1Br. The molecule has 0 amide bonds. The lowest BCUT2D eigenvalue weighted by atomic mass is 10.3. The highest BCUT2D eigenvalue weighted by atomic mass is 79.9. The molecule has 0 fully saturated rings. The van der Waals surface area contributed by atoms with E-state index in [-0.39, 0.29) is 0 Å². The minimum atomic E-state index is -0.413. The van der Waals surface area contributed by atoms with Gasteiger partial charge in [0.25, 0.3) is 0 Å². The number of anilines is 3. The summed E-state index contributed by atoms with van der Waals surface area (Å²) >= 11 is 9.14. The molecular formula is C11H9BrClFN4. The first-order valence-corrected chi connectivity index (χ1v) is 6.18. The van der Waals surface area contributed by atoms with Crippen LogP contribution in [0.1, 0.15) is 0 Å². The Bertz CT molecular complexity index is 559. The van der Waals surface area contributed by atoms with Crippen LogP contribution in [-0.2, 0) is 0 Å². The van der Waals surface area contributed by atoms with E-state index in [1.807, 2.05) is 0 Å². The van der Waals surface area contributed by atoms with Crippen molar-refractivity contribution in [2.24, 2.45) is 0 Å². The summed E-state index contributed by atoms with van der Waals surface area (Å²) in [6.07, 6.45) is 1.40.